The molecule has 1 amide bonds. The van der Waals surface area contributed by atoms with Gasteiger partial charge in [0.15, 0.2) is 26.5 Å². The van der Waals surface area contributed by atoms with Crippen LogP contribution in [0.25, 0.3) is 0 Å². The summed E-state index contributed by atoms with van der Waals surface area (Å²) in [6.07, 6.45) is -1.87. The van der Waals surface area contributed by atoms with Crippen molar-refractivity contribution in [2.75, 3.05) is 5.32 Å². The van der Waals surface area contributed by atoms with Gasteiger partial charge in [0.05, 0.1) is 15.8 Å². The van der Waals surface area contributed by atoms with Gasteiger partial charge in [-0.3, -0.25) is 10.1 Å². The summed E-state index contributed by atoms with van der Waals surface area (Å²) in [4.78, 5) is 28.0. The maximum atomic E-state index is 14.3. The van der Waals surface area contributed by atoms with Crippen LogP contribution in [0, 0.1) is 18.6 Å². The standard InChI is InChI=1S/C22H18F2N2O7S2/c1-11-20(33-22(28)29)34-21(25-11)26-19(27)18(32-17-9-4-13(23)10-16(17)24)12-2-5-14(6-3-12)35(30,31)15-7-8-15/h2-6,9-10,15,18H,7-8H2,1H3,(H,28,29)(H,25,26,27). The lowest BCUT2D eigenvalue weighted by Gasteiger charge is -2.19. The third kappa shape index (κ3) is 5.57. The van der Waals surface area contributed by atoms with Gasteiger partial charge in [-0.15, -0.1) is 0 Å². The zero-order valence-corrected chi connectivity index (χ0v) is 19.7. The molecule has 0 saturated heterocycles. The number of nitrogens with zero attached hydrogens (tertiary/aromatic N) is 1. The van der Waals surface area contributed by atoms with Gasteiger partial charge >= 0.3 is 6.16 Å². The van der Waals surface area contributed by atoms with E-state index in [2.05, 4.69) is 15.0 Å². The van der Waals surface area contributed by atoms with Crippen molar-refractivity contribution in [3.63, 3.8) is 0 Å². The fourth-order valence-electron chi connectivity index (χ4n) is 3.15. The summed E-state index contributed by atoms with van der Waals surface area (Å²) < 4.78 is 62.7. The number of sulfone groups is 1. The van der Waals surface area contributed by atoms with Gasteiger partial charge in [-0.2, -0.15) is 0 Å². The van der Waals surface area contributed by atoms with Crippen LogP contribution in [-0.4, -0.2) is 35.8 Å². The number of anilines is 1. The Hall–Kier alpha value is -3.58. The smallest absolute Gasteiger partial charge is 0.473 e. The average molecular weight is 525 g/mol. The Morgan fingerprint density at radius 3 is 2.46 bits per heavy atom. The SMILES string of the molecule is Cc1nc(NC(=O)C(Oc2ccc(F)cc2F)c2ccc(S(=O)(=O)C3CC3)cc2)sc1OC(=O)O. The maximum absolute atomic E-state index is 14.3. The van der Waals surface area contributed by atoms with E-state index in [4.69, 9.17) is 9.84 Å². The summed E-state index contributed by atoms with van der Waals surface area (Å²) in [5.41, 5.74) is 0.403. The molecule has 35 heavy (non-hydrogen) atoms. The predicted octanol–water partition coefficient (Wildman–Crippen LogP) is 4.48. The van der Waals surface area contributed by atoms with Crippen LogP contribution >= 0.6 is 11.3 Å². The van der Waals surface area contributed by atoms with Gasteiger partial charge in [-0.1, -0.05) is 23.5 Å². The number of carbonyl (C=O) groups is 2. The van der Waals surface area contributed by atoms with Crippen molar-refractivity contribution in [3.05, 3.63) is 65.4 Å². The molecular weight excluding hydrogens is 506 g/mol. The number of nitrogens with one attached hydrogen (secondary N) is 1. The monoisotopic (exact) mass is 524 g/mol. The van der Waals surface area contributed by atoms with Crippen LogP contribution in [0.15, 0.2) is 47.4 Å². The summed E-state index contributed by atoms with van der Waals surface area (Å²) in [5.74, 6) is -3.11. The van der Waals surface area contributed by atoms with E-state index >= 15 is 0 Å². The molecule has 2 aromatic carbocycles. The van der Waals surface area contributed by atoms with Crippen LogP contribution in [-0.2, 0) is 14.6 Å². The van der Waals surface area contributed by atoms with Crippen molar-refractivity contribution in [3.8, 4) is 10.8 Å². The minimum Gasteiger partial charge on any atom is -0.473 e. The van der Waals surface area contributed by atoms with Gasteiger partial charge in [-0.05, 0) is 44.0 Å². The Bertz CT molecular complexity index is 1390. The molecule has 0 aliphatic heterocycles. The number of ether oxygens (including phenoxy) is 2. The lowest BCUT2D eigenvalue weighted by molar-refractivity contribution is -0.123. The van der Waals surface area contributed by atoms with Gasteiger partial charge in [0.2, 0.25) is 11.2 Å². The number of hydrogen-bond acceptors (Lipinski definition) is 8. The number of aryl methyl sites for hydroxylation is 1. The second-order valence-electron chi connectivity index (χ2n) is 7.64. The molecule has 1 heterocycles. The minimum atomic E-state index is -3.47. The first-order chi connectivity index (χ1) is 16.5. The molecular formula is C22H18F2N2O7S2. The first-order valence-electron chi connectivity index (χ1n) is 10.2. The molecule has 1 unspecified atom stereocenters. The predicted molar refractivity (Wildman–Crippen MR) is 121 cm³/mol. The number of aromatic nitrogens is 1. The number of carboxylic acid groups (broad SMARTS) is 1. The van der Waals surface area contributed by atoms with Crippen LogP contribution in [0.3, 0.4) is 0 Å². The molecule has 4 rings (SSSR count). The molecule has 13 heteroatoms. The van der Waals surface area contributed by atoms with Crippen LogP contribution in [0.5, 0.6) is 10.8 Å². The molecule has 1 aromatic heterocycles. The van der Waals surface area contributed by atoms with E-state index in [-0.39, 0.29) is 26.3 Å². The van der Waals surface area contributed by atoms with Crippen LogP contribution < -0.4 is 14.8 Å². The third-order valence-corrected chi connectivity index (χ3v) is 8.24. The highest BCUT2D eigenvalue weighted by molar-refractivity contribution is 7.92. The Balaban J connectivity index is 1.63. The Labute approximate surface area is 202 Å². The van der Waals surface area contributed by atoms with Gasteiger partial charge in [0.25, 0.3) is 5.91 Å². The van der Waals surface area contributed by atoms with E-state index in [1.54, 1.807) is 0 Å². The number of thiazole rings is 1. The molecule has 0 spiro atoms. The highest BCUT2D eigenvalue weighted by atomic mass is 32.2. The topological polar surface area (TPSA) is 132 Å². The number of carbonyl (C=O) groups excluding carboxylic acids is 1. The minimum absolute atomic E-state index is 0.00939. The van der Waals surface area contributed by atoms with Gasteiger partial charge in [0, 0.05) is 11.6 Å². The van der Waals surface area contributed by atoms with Crippen molar-refractivity contribution < 1.29 is 41.4 Å². The molecule has 184 valence electrons. The number of amides is 1. The summed E-state index contributed by atoms with van der Waals surface area (Å²) >= 11 is 0.751. The molecule has 1 aliphatic carbocycles. The highest BCUT2D eigenvalue weighted by Crippen LogP contribution is 2.35. The van der Waals surface area contributed by atoms with Gasteiger partial charge in [0.1, 0.15) is 5.82 Å². The fourth-order valence-corrected chi connectivity index (χ4v) is 5.63. The molecule has 2 N–H and O–H groups in total. The zero-order chi connectivity index (χ0) is 25.3. The Morgan fingerprint density at radius 1 is 1.17 bits per heavy atom. The number of benzene rings is 2. The van der Waals surface area contributed by atoms with Crippen molar-refractivity contribution in [1.29, 1.82) is 0 Å². The van der Waals surface area contributed by atoms with Crippen LogP contribution in [0.4, 0.5) is 18.7 Å². The van der Waals surface area contributed by atoms with Crippen molar-refractivity contribution in [2.45, 2.75) is 36.0 Å². The second kappa shape index (κ2) is 9.58. The summed E-state index contributed by atoms with van der Waals surface area (Å²) in [6, 6.07) is 7.97. The van der Waals surface area contributed by atoms with Gasteiger partial charge in [-0.25, -0.2) is 27.0 Å². The van der Waals surface area contributed by atoms with E-state index in [1.165, 1.54) is 31.2 Å². The number of rotatable bonds is 8. The summed E-state index contributed by atoms with van der Waals surface area (Å²) in [5, 5.41) is 10.8. The first kappa shape index (κ1) is 24.5. The van der Waals surface area contributed by atoms with Crippen molar-refractivity contribution >= 4 is 38.4 Å². The van der Waals surface area contributed by atoms with Crippen molar-refractivity contribution in [1.82, 2.24) is 4.98 Å². The Morgan fingerprint density at radius 2 is 1.86 bits per heavy atom. The second-order valence-corrected chi connectivity index (χ2v) is 10.8. The van der Waals surface area contributed by atoms with E-state index in [9.17, 15) is 26.8 Å². The zero-order valence-electron chi connectivity index (χ0n) is 18.0. The average Bonchev–Trinajstić information content (AvgIpc) is 3.59. The normalized spacial score (nSPS) is 14.3. The molecule has 3 aromatic rings. The fraction of sp³-hybridized carbons (Fsp3) is 0.227. The number of hydrogen-bond donors (Lipinski definition) is 2. The lowest BCUT2D eigenvalue weighted by Crippen LogP contribution is -2.26. The molecule has 0 bridgehead atoms. The van der Waals surface area contributed by atoms with Crippen LogP contribution in [0.2, 0.25) is 0 Å². The molecule has 1 fully saturated rings. The van der Waals surface area contributed by atoms with Gasteiger partial charge < -0.3 is 14.6 Å². The molecule has 0 radical (unpaired) electrons. The highest BCUT2D eigenvalue weighted by Gasteiger charge is 2.37. The number of halogens is 2. The molecule has 1 aliphatic rings. The third-order valence-electron chi connectivity index (χ3n) is 5.02. The van der Waals surface area contributed by atoms with E-state index in [1.807, 2.05) is 0 Å². The molecule has 9 nitrogen and oxygen atoms in total. The largest absolute Gasteiger partial charge is 0.512 e. The van der Waals surface area contributed by atoms with E-state index < -0.39 is 50.6 Å². The summed E-state index contributed by atoms with van der Waals surface area (Å²) in [7, 11) is -3.47. The van der Waals surface area contributed by atoms with Crippen LogP contribution in [0.1, 0.15) is 30.2 Å². The van der Waals surface area contributed by atoms with E-state index in [0.717, 1.165) is 23.5 Å². The molecule has 1 atom stereocenters. The molecule has 1 saturated carbocycles. The first-order valence-corrected chi connectivity index (χ1v) is 12.6. The van der Waals surface area contributed by atoms with E-state index in [0.29, 0.717) is 18.9 Å². The Kier molecular flexibility index (Phi) is 6.72. The summed E-state index contributed by atoms with van der Waals surface area (Å²) in [6.45, 7) is 1.48. The lowest BCUT2D eigenvalue weighted by atomic mass is 10.1. The maximum Gasteiger partial charge on any atom is 0.512 e. The van der Waals surface area contributed by atoms with Crippen molar-refractivity contribution in [2.24, 2.45) is 0 Å². The quantitative estimate of drug-likeness (QED) is 0.412.